The number of sulfonamides is 1. The molecule has 160 valence electrons. The molecule has 9 nitrogen and oxygen atoms in total. The van der Waals surface area contributed by atoms with E-state index in [1.807, 2.05) is 11.9 Å². The van der Waals surface area contributed by atoms with Crippen molar-refractivity contribution >= 4 is 21.5 Å². The minimum atomic E-state index is -3.84. The number of ketones is 1. The summed E-state index contributed by atoms with van der Waals surface area (Å²) >= 11 is 0. The van der Waals surface area contributed by atoms with E-state index in [1.54, 1.807) is 31.2 Å². The maximum Gasteiger partial charge on any atom is 0.312 e. The normalized spacial score (nSPS) is 15.7. The molecule has 30 heavy (non-hydrogen) atoms. The van der Waals surface area contributed by atoms with Gasteiger partial charge in [0, 0.05) is 44.2 Å². The number of nitro benzene ring substituents is 1. The van der Waals surface area contributed by atoms with E-state index < -0.39 is 20.6 Å². The summed E-state index contributed by atoms with van der Waals surface area (Å²) in [6.07, 6.45) is 0.370. The van der Waals surface area contributed by atoms with Crippen molar-refractivity contribution in [1.82, 2.24) is 9.21 Å². The Balaban J connectivity index is 1.87. The first-order chi connectivity index (χ1) is 14.2. The van der Waals surface area contributed by atoms with Gasteiger partial charge < -0.3 is 9.64 Å². The van der Waals surface area contributed by atoms with Crippen molar-refractivity contribution < 1.29 is 22.9 Å². The second-order valence-corrected chi connectivity index (χ2v) is 8.94. The fourth-order valence-electron chi connectivity index (χ4n) is 3.10. The van der Waals surface area contributed by atoms with Crippen LogP contribution < -0.4 is 4.74 Å². The van der Waals surface area contributed by atoms with E-state index in [0.29, 0.717) is 43.9 Å². The smallest absolute Gasteiger partial charge is 0.312 e. The molecule has 2 aromatic rings. The van der Waals surface area contributed by atoms with Crippen molar-refractivity contribution in [3.05, 3.63) is 58.1 Å². The highest BCUT2D eigenvalue weighted by molar-refractivity contribution is 7.89. The van der Waals surface area contributed by atoms with Crippen molar-refractivity contribution in [1.29, 1.82) is 0 Å². The minimum Gasteiger partial charge on any atom is -0.450 e. The highest BCUT2D eigenvalue weighted by atomic mass is 32.2. The molecule has 0 aliphatic carbocycles. The fraction of sp³-hybridized carbons (Fsp3) is 0.350. The van der Waals surface area contributed by atoms with E-state index >= 15 is 0 Å². The molecule has 0 N–H and O–H groups in total. The van der Waals surface area contributed by atoms with E-state index in [1.165, 1.54) is 16.4 Å². The number of piperazine rings is 1. The molecule has 0 aromatic heterocycles. The zero-order valence-corrected chi connectivity index (χ0v) is 17.6. The van der Waals surface area contributed by atoms with E-state index in [-0.39, 0.29) is 16.4 Å². The summed E-state index contributed by atoms with van der Waals surface area (Å²) in [5.41, 5.74) is 0.0758. The number of hydrogen-bond donors (Lipinski definition) is 0. The van der Waals surface area contributed by atoms with Crippen LogP contribution in [0.2, 0.25) is 0 Å². The Hall–Kier alpha value is -2.82. The molecule has 1 aliphatic heterocycles. The van der Waals surface area contributed by atoms with Crippen LogP contribution in [0.3, 0.4) is 0 Å². The Kier molecular flexibility index (Phi) is 6.49. The molecule has 0 radical (unpaired) electrons. The first-order valence-electron chi connectivity index (χ1n) is 9.50. The van der Waals surface area contributed by atoms with Gasteiger partial charge in [-0.3, -0.25) is 14.9 Å². The van der Waals surface area contributed by atoms with E-state index in [9.17, 15) is 23.3 Å². The SMILES string of the molecule is CCC(=O)c1ccc(Oc2ccc(S(=O)(=O)N3CCN(C)CC3)cc2[N+](=O)[O-])cc1. The van der Waals surface area contributed by atoms with Crippen molar-refractivity contribution in [3.8, 4) is 11.5 Å². The van der Waals surface area contributed by atoms with Crippen LogP contribution in [-0.4, -0.2) is 61.6 Å². The molecule has 0 amide bonds. The summed E-state index contributed by atoms with van der Waals surface area (Å²) in [6.45, 7) is 3.60. The van der Waals surface area contributed by atoms with E-state index in [4.69, 9.17) is 4.74 Å². The Morgan fingerprint density at radius 3 is 2.30 bits per heavy atom. The second-order valence-electron chi connectivity index (χ2n) is 7.00. The maximum atomic E-state index is 12.9. The van der Waals surface area contributed by atoms with Gasteiger partial charge in [0.15, 0.2) is 5.78 Å². The second kappa shape index (κ2) is 8.90. The monoisotopic (exact) mass is 433 g/mol. The molecule has 3 rings (SSSR count). The molecule has 0 saturated carbocycles. The predicted molar refractivity (Wildman–Crippen MR) is 110 cm³/mol. The largest absolute Gasteiger partial charge is 0.450 e. The third kappa shape index (κ3) is 4.66. The predicted octanol–water partition coefficient (Wildman–Crippen LogP) is 2.92. The molecule has 10 heteroatoms. The molecular formula is C20H23N3O6S. The molecule has 0 spiro atoms. The zero-order chi connectivity index (χ0) is 21.9. The Labute approximate surface area is 175 Å². The lowest BCUT2D eigenvalue weighted by Gasteiger charge is -2.31. The minimum absolute atomic E-state index is 0.0222. The number of hydrogen-bond acceptors (Lipinski definition) is 7. The van der Waals surface area contributed by atoms with Crippen LogP contribution in [-0.2, 0) is 10.0 Å². The number of Topliss-reactive ketones (excluding diaryl/α,β-unsaturated/α-hetero) is 1. The lowest BCUT2D eigenvalue weighted by molar-refractivity contribution is -0.385. The van der Waals surface area contributed by atoms with Gasteiger partial charge in [0.05, 0.1) is 9.82 Å². The average molecular weight is 433 g/mol. The number of carbonyl (C=O) groups is 1. The van der Waals surface area contributed by atoms with Crippen LogP contribution in [0.5, 0.6) is 11.5 Å². The summed E-state index contributed by atoms with van der Waals surface area (Å²) in [6, 6.07) is 9.87. The quantitative estimate of drug-likeness (QED) is 0.375. The topological polar surface area (TPSA) is 110 Å². The highest BCUT2D eigenvalue weighted by Gasteiger charge is 2.30. The number of carbonyl (C=O) groups excluding carboxylic acids is 1. The summed E-state index contributed by atoms with van der Waals surface area (Å²) in [5, 5.41) is 11.6. The van der Waals surface area contributed by atoms with Crippen LogP contribution in [0.4, 0.5) is 5.69 Å². The third-order valence-corrected chi connectivity index (χ3v) is 6.85. The molecule has 1 saturated heterocycles. The summed E-state index contributed by atoms with van der Waals surface area (Å²) in [4.78, 5) is 24.5. The van der Waals surface area contributed by atoms with Crippen molar-refractivity contribution in [2.75, 3.05) is 33.2 Å². The maximum absolute atomic E-state index is 12.9. The Morgan fingerprint density at radius 1 is 1.10 bits per heavy atom. The first kappa shape index (κ1) is 21.9. The molecule has 0 atom stereocenters. The van der Waals surface area contributed by atoms with Gasteiger partial charge in [0.1, 0.15) is 5.75 Å². The van der Waals surface area contributed by atoms with E-state index in [2.05, 4.69) is 0 Å². The van der Waals surface area contributed by atoms with Crippen LogP contribution in [0.25, 0.3) is 0 Å². The molecule has 1 aliphatic rings. The molecule has 2 aromatic carbocycles. The van der Waals surface area contributed by atoms with Crippen molar-refractivity contribution in [2.24, 2.45) is 0 Å². The molecular weight excluding hydrogens is 410 g/mol. The standard InChI is InChI=1S/C20H23N3O6S/c1-3-19(24)15-4-6-16(7-5-15)29-20-9-8-17(14-18(20)23(25)26)30(27,28)22-12-10-21(2)11-13-22/h4-9,14H,3,10-13H2,1-2H3. The van der Waals surface area contributed by atoms with Crippen LogP contribution >= 0.6 is 0 Å². The molecule has 1 fully saturated rings. The Morgan fingerprint density at radius 2 is 1.73 bits per heavy atom. The van der Waals surface area contributed by atoms with Crippen LogP contribution in [0, 0.1) is 10.1 Å². The summed E-state index contributed by atoms with van der Waals surface area (Å²) < 4.78 is 32.7. The zero-order valence-electron chi connectivity index (χ0n) is 16.8. The number of benzene rings is 2. The molecule has 1 heterocycles. The van der Waals surface area contributed by atoms with Crippen molar-refractivity contribution in [2.45, 2.75) is 18.2 Å². The third-order valence-electron chi connectivity index (χ3n) is 4.95. The van der Waals surface area contributed by atoms with Gasteiger partial charge in [-0.25, -0.2) is 8.42 Å². The number of rotatable bonds is 7. The Bertz CT molecular complexity index is 1040. The van der Waals surface area contributed by atoms with Gasteiger partial charge in [-0.15, -0.1) is 0 Å². The van der Waals surface area contributed by atoms with Gasteiger partial charge in [-0.2, -0.15) is 4.31 Å². The molecule has 0 unspecified atom stereocenters. The van der Waals surface area contributed by atoms with Gasteiger partial charge in [-0.1, -0.05) is 6.92 Å². The van der Waals surface area contributed by atoms with Crippen LogP contribution in [0.15, 0.2) is 47.4 Å². The van der Waals surface area contributed by atoms with Gasteiger partial charge in [0.25, 0.3) is 0 Å². The lowest BCUT2D eigenvalue weighted by Crippen LogP contribution is -2.47. The summed E-state index contributed by atoms with van der Waals surface area (Å²) in [7, 11) is -1.93. The lowest BCUT2D eigenvalue weighted by atomic mass is 10.1. The highest BCUT2D eigenvalue weighted by Crippen LogP contribution is 2.34. The summed E-state index contributed by atoms with van der Waals surface area (Å²) in [5.74, 6) is 0.207. The number of nitrogens with zero attached hydrogens (tertiary/aromatic N) is 3. The van der Waals surface area contributed by atoms with Gasteiger partial charge in [0.2, 0.25) is 15.8 Å². The van der Waals surface area contributed by atoms with Gasteiger partial charge >= 0.3 is 5.69 Å². The number of likely N-dealkylation sites (N-methyl/N-ethyl adjacent to an activating group) is 1. The first-order valence-corrected chi connectivity index (χ1v) is 10.9. The van der Waals surface area contributed by atoms with Crippen LogP contribution in [0.1, 0.15) is 23.7 Å². The number of nitro groups is 1. The van der Waals surface area contributed by atoms with Gasteiger partial charge in [-0.05, 0) is 43.4 Å². The average Bonchev–Trinajstić information content (AvgIpc) is 2.74. The number of ether oxygens (including phenoxy) is 1. The molecule has 0 bridgehead atoms. The van der Waals surface area contributed by atoms with E-state index in [0.717, 1.165) is 6.07 Å². The van der Waals surface area contributed by atoms with Crippen molar-refractivity contribution in [3.63, 3.8) is 0 Å². The fourth-order valence-corrected chi connectivity index (χ4v) is 4.55.